The highest BCUT2D eigenvalue weighted by atomic mass is 79.9. The zero-order valence-corrected chi connectivity index (χ0v) is 13.0. The predicted octanol–water partition coefficient (Wildman–Crippen LogP) is 3.93. The number of hydrogen-bond donors (Lipinski definition) is 0. The first kappa shape index (κ1) is 15.4. The predicted molar refractivity (Wildman–Crippen MR) is 81.3 cm³/mol. The van der Waals surface area contributed by atoms with Gasteiger partial charge in [-0.2, -0.15) is 5.26 Å². The Morgan fingerprint density at radius 1 is 1.19 bits per heavy atom. The minimum atomic E-state index is -3.88. The summed E-state index contributed by atoms with van der Waals surface area (Å²) in [5.41, 5.74) is 0.416. The average molecular weight is 366 g/mol. The maximum Gasteiger partial charge on any atom is 0.216 e. The van der Waals surface area contributed by atoms with Crippen LogP contribution in [0.1, 0.15) is 5.56 Å². The molecule has 0 radical (unpaired) electrons. The smallest absolute Gasteiger partial charge is 0.216 e. The lowest BCUT2D eigenvalue weighted by Crippen LogP contribution is -2.03. The van der Waals surface area contributed by atoms with Crippen molar-refractivity contribution in [3.05, 3.63) is 69.3 Å². The fourth-order valence-electron chi connectivity index (χ4n) is 1.65. The van der Waals surface area contributed by atoms with Gasteiger partial charge in [0.1, 0.15) is 16.8 Å². The molecule has 0 aromatic heterocycles. The number of halogens is 2. The molecule has 0 bridgehead atoms. The standard InChI is InChI=1S/C15H9BrFNO2S/c16-14-9-11(6-7-15(14)17)8-13(10-18)21(19,20)12-4-2-1-3-5-12/h1-9H. The van der Waals surface area contributed by atoms with Gasteiger partial charge in [-0.15, -0.1) is 0 Å². The van der Waals surface area contributed by atoms with Gasteiger partial charge in [0, 0.05) is 0 Å². The third kappa shape index (κ3) is 3.38. The van der Waals surface area contributed by atoms with E-state index in [1.807, 2.05) is 0 Å². The summed E-state index contributed by atoms with van der Waals surface area (Å²) in [4.78, 5) is -0.355. The number of rotatable bonds is 3. The monoisotopic (exact) mass is 365 g/mol. The van der Waals surface area contributed by atoms with Gasteiger partial charge in [-0.3, -0.25) is 0 Å². The van der Waals surface area contributed by atoms with Crippen LogP contribution in [0.15, 0.2) is 62.8 Å². The summed E-state index contributed by atoms with van der Waals surface area (Å²) in [6, 6.07) is 13.4. The Morgan fingerprint density at radius 2 is 1.86 bits per heavy atom. The maximum absolute atomic E-state index is 13.2. The summed E-state index contributed by atoms with van der Waals surface area (Å²) in [6.07, 6.45) is 1.21. The molecule has 0 aliphatic carbocycles. The highest BCUT2D eigenvalue weighted by Gasteiger charge is 2.20. The highest BCUT2D eigenvalue weighted by molar-refractivity contribution is 9.10. The molecule has 0 heterocycles. The van der Waals surface area contributed by atoms with Gasteiger partial charge in [0.25, 0.3) is 0 Å². The fourth-order valence-corrected chi connectivity index (χ4v) is 3.23. The number of benzene rings is 2. The van der Waals surface area contributed by atoms with Crippen LogP contribution in [0.4, 0.5) is 4.39 Å². The van der Waals surface area contributed by atoms with Crippen molar-refractivity contribution in [3.8, 4) is 6.07 Å². The van der Waals surface area contributed by atoms with Gasteiger partial charge < -0.3 is 0 Å². The van der Waals surface area contributed by atoms with Gasteiger partial charge in [-0.25, -0.2) is 12.8 Å². The largest absolute Gasteiger partial charge is 0.218 e. The topological polar surface area (TPSA) is 57.9 Å². The molecule has 2 rings (SSSR count). The molecule has 0 aliphatic heterocycles. The minimum Gasteiger partial charge on any atom is -0.218 e. The molecule has 21 heavy (non-hydrogen) atoms. The van der Waals surface area contributed by atoms with Crippen LogP contribution >= 0.6 is 15.9 Å². The number of sulfone groups is 1. The van der Waals surface area contributed by atoms with Gasteiger partial charge in [-0.1, -0.05) is 24.3 Å². The van der Waals surface area contributed by atoms with Gasteiger partial charge in [0.2, 0.25) is 9.84 Å². The third-order valence-corrected chi connectivity index (χ3v) is 4.98. The van der Waals surface area contributed by atoms with Gasteiger partial charge >= 0.3 is 0 Å². The van der Waals surface area contributed by atoms with Crippen LogP contribution in [0.2, 0.25) is 0 Å². The molecule has 0 aliphatic rings. The molecule has 2 aromatic rings. The second kappa shape index (κ2) is 6.20. The van der Waals surface area contributed by atoms with Crippen molar-refractivity contribution in [2.45, 2.75) is 4.90 Å². The third-order valence-electron chi connectivity index (χ3n) is 2.69. The van der Waals surface area contributed by atoms with Crippen molar-refractivity contribution in [1.29, 1.82) is 5.26 Å². The second-order valence-corrected chi connectivity index (χ2v) is 6.88. The molecule has 0 saturated carbocycles. The molecule has 2 aromatic carbocycles. The molecule has 6 heteroatoms. The second-order valence-electron chi connectivity index (χ2n) is 4.11. The van der Waals surface area contributed by atoms with E-state index in [-0.39, 0.29) is 9.37 Å². The van der Waals surface area contributed by atoms with Crippen LogP contribution in [0.25, 0.3) is 6.08 Å². The normalized spacial score (nSPS) is 12.0. The Hall–Kier alpha value is -1.97. The van der Waals surface area contributed by atoms with E-state index in [2.05, 4.69) is 15.9 Å². The van der Waals surface area contributed by atoms with Gasteiger partial charge in [0.15, 0.2) is 0 Å². The quantitative estimate of drug-likeness (QED) is 0.774. The summed E-state index contributed by atoms with van der Waals surface area (Å²) in [5, 5.41) is 9.12. The van der Waals surface area contributed by atoms with Crippen LogP contribution in [0.5, 0.6) is 0 Å². The van der Waals surface area contributed by atoms with E-state index >= 15 is 0 Å². The number of hydrogen-bond acceptors (Lipinski definition) is 3. The lowest BCUT2D eigenvalue weighted by Gasteiger charge is -2.03. The maximum atomic E-state index is 13.2. The average Bonchev–Trinajstić information content (AvgIpc) is 2.49. The SMILES string of the molecule is N#CC(=Cc1ccc(F)c(Br)c1)S(=O)(=O)c1ccccc1. The van der Waals surface area contributed by atoms with Crippen LogP contribution in [0, 0.1) is 17.1 Å². The Bertz CT molecular complexity index is 840. The summed E-state index contributed by atoms with van der Waals surface area (Å²) >= 11 is 3.02. The van der Waals surface area contributed by atoms with E-state index < -0.39 is 20.6 Å². The van der Waals surface area contributed by atoms with Gasteiger partial charge in [-0.05, 0) is 51.8 Å². The molecule has 0 fully saturated rings. The van der Waals surface area contributed by atoms with Crippen LogP contribution in [0.3, 0.4) is 0 Å². The zero-order valence-electron chi connectivity index (χ0n) is 10.6. The van der Waals surface area contributed by atoms with Crippen molar-refractivity contribution in [2.24, 2.45) is 0 Å². The summed E-state index contributed by atoms with van der Waals surface area (Å²) in [5.74, 6) is -0.462. The van der Waals surface area contributed by atoms with Crippen molar-refractivity contribution < 1.29 is 12.8 Å². The van der Waals surface area contributed by atoms with Crippen molar-refractivity contribution in [1.82, 2.24) is 0 Å². The molecule has 0 spiro atoms. The molecular weight excluding hydrogens is 357 g/mol. The van der Waals surface area contributed by atoms with E-state index in [0.29, 0.717) is 5.56 Å². The first-order chi connectivity index (χ1) is 9.95. The summed E-state index contributed by atoms with van der Waals surface area (Å²) < 4.78 is 38.1. The van der Waals surface area contributed by atoms with E-state index in [1.165, 1.54) is 36.4 Å². The Balaban J connectivity index is 2.51. The first-order valence-electron chi connectivity index (χ1n) is 5.82. The first-order valence-corrected chi connectivity index (χ1v) is 8.10. The lowest BCUT2D eigenvalue weighted by atomic mass is 10.2. The number of allylic oxidation sites excluding steroid dienone is 1. The van der Waals surface area contributed by atoms with E-state index in [9.17, 15) is 12.8 Å². The van der Waals surface area contributed by atoms with Gasteiger partial charge in [0.05, 0.1) is 9.37 Å². The molecule has 0 N–H and O–H groups in total. The fraction of sp³-hybridized carbons (Fsp3) is 0. The molecule has 3 nitrogen and oxygen atoms in total. The molecule has 106 valence electrons. The lowest BCUT2D eigenvalue weighted by molar-refractivity contribution is 0.603. The zero-order chi connectivity index (χ0) is 15.5. The van der Waals surface area contributed by atoms with E-state index in [0.717, 1.165) is 0 Å². The molecule has 0 saturated heterocycles. The molecule has 0 amide bonds. The Labute approximate surface area is 130 Å². The van der Waals surface area contributed by atoms with Crippen LogP contribution in [-0.4, -0.2) is 8.42 Å². The van der Waals surface area contributed by atoms with Crippen molar-refractivity contribution in [3.63, 3.8) is 0 Å². The van der Waals surface area contributed by atoms with Crippen LogP contribution < -0.4 is 0 Å². The summed E-state index contributed by atoms with van der Waals surface area (Å²) in [7, 11) is -3.88. The molecular formula is C15H9BrFNO2S. The number of nitrogens with zero attached hydrogens (tertiary/aromatic N) is 1. The molecule has 0 unspecified atom stereocenters. The van der Waals surface area contributed by atoms with Crippen molar-refractivity contribution in [2.75, 3.05) is 0 Å². The van der Waals surface area contributed by atoms with Crippen molar-refractivity contribution >= 4 is 31.8 Å². The van der Waals surface area contributed by atoms with E-state index in [4.69, 9.17) is 5.26 Å². The Morgan fingerprint density at radius 3 is 2.43 bits per heavy atom. The summed E-state index contributed by atoms with van der Waals surface area (Å²) in [6.45, 7) is 0. The molecule has 0 atom stereocenters. The minimum absolute atomic E-state index is 0.0407. The Kier molecular flexibility index (Phi) is 4.56. The number of nitriles is 1. The van der Waals surface area contributed by atoms with Crippen LogP contribution in [-0.2, 0) is 9.84 Å². The van der Waals surface area contributed by atoms with E-state index in [1.54, 1.807) is 24.3 Å². The highest BCUT2D eigenvalue weighted by Crippen LogP contribution is 2.23.